The molecule has 1 amide bonds. The second-order valence-electron chi connectivity index (χ2n) is 5.71. The van der Waals surface area contributed by atoms with E-state index in [4.69, 9.17) is 16.3 Å². The van der Waals surface area contributed by atoms with Crippen LogP contribution in [0.1, 0.15) is 15.4 Å². The highest BCUT2D eigenvalue weighted by atomic mass is 35.5. The second-order valence-corrected chi connectivity index (χ2v) is 7.15. The van der Waals surface area contributed by atoms with Gasteiger partial charge in [-0.25, -0.2) is 4.98 Å². The maximum Gasteiger partial charge on any atom is 0.270 e. The predicted molar refractivity (Wildman–Crippen MR) is 101 cm³/mol. The van der Waals surface area contributed by atoms with E-state index in [2.05, 4.69) is 4.98 Å². The van der Waals surface area contributed by atoms with Crippen LogP contribution >= 0.6 is 22.9 Å². The van der Waals surface area contributed by atoms with Crippen molar-refractivity contribution in [2.75, 3.05) is 18.6 Å². The molecule has 0 spiro atoms. The molecule has 4 nitrogen and oxygen atoms in total. The standard InChI is InChI=1S/C19H15ClN2O2S/c1-24-15-4-2-3-14(11-15)22-10-9-16-17(19(22)23)25-18(21-16)12-5-7-13(20)8-6-12/h2-8,11H,9-10H2,1H3. The molecule has 0 fully saturated rings. The van der Waals surface area contributed by atoms with Gasteiger partial charge in [0, 0.05) is 35.3 Å². The van der Waals surface area contributed by atoms with E-state index in [0.29, 0.717) is 16.4 Å². The van der Waals surface area contributed by atoms with Gasteiger partial charge in [-0.05, 0) is 24.3 Å². The zero-order chi connectivity index (χ0) is 17.4. The normalized spacial score (nSPS) is 13.7. The smallest absolute Gasteiger partial charge is 0.270 e. The molecular weight excluding hydrogens is 356 g/mol. The minimum atomic E-state index is -0.00721. The van der Waals surface area contributed by atoms with E-state index in [0.717, 1.165) is 34.1 Å². The van der Waals surface area contributed by atoms with E-state index in [1.807, 2.05) is 48.5 Å². The van der Waals surface area contributed by atoms with E-state index in [1.165, 1.54) is 11.3 Å². The van der Waals surface area contributed by atoms with Gasteiger partial charge < -0.3 is 9.64 Å². The number of ether oxygens (including phenoxy) is 1. The van der Waals surface area contributed by atoms with Gasteiger partial charge in [0.25, 0.3) is 5.91 Å². The molecule has 0 saturated heterocycles. The van der Waals surface area contributed by atoms with Crippen molar-refractivity contribution in [1.82, 2.24) is 4.98 Å². The topological polar surface area (TPSA) is 42.4 Å². The lowest BCUT2D eigenvalue weighted by molar-refractivity contribution is 0.0984. The summed E-state index contributed by atoms with van der Waals surface area (Å²) in [6, 6.07) is 15.1. The van der Waals surface area contributed by atoms with Crippen LogP contribution < -0.4 is 9.64 Å². The monoisotopic (exact) mass is 370 g/mol. The zero-order valence-corrected chi connectivity index (χ0v) is 15.1. The molecule has 0 bridgehead atoms. The van der Waals surface area contributed by atoms with Crippen LogP contribution in [-0.2, 0) is 6.42 Å². The molecule has 3 aromatic rings. The first-order valence-electron chi connectivity index (χ1n) is 7.87. The lowest BCUT2D eigenvalue weighted by atomic mass is 10.1. The molecule has 0 atom stereocenters. The number of benzene rings is 2. The van der Waals surface area contributed by atoms with Gasteiger partial charge in [0.05, 0.1) is 12.8 Å². The fraction of sp³-hybridized carbons (Fsp3) is 0.158. The molecule has 1 aromatic heterocycles. The number of methoxy groups -OCH3 is 1. The SMILES string of the molecule is COc1cccc(N2CCc3nc(-c4ccc(Cl)cc4)sc3C2=O)c1. The molecule has 1 aliphatic heterocycles. The summed E-state index contributed by atoms with van der Waals surface area (Å²) < 4.78 is 5.26. The van der Waals surface area contributed by atoms with Gasteiger partial charge in [0.15, 0.2) is 0 Å². The van der Waals surface area contributed by atoms with Gasteiger partial charge in [0.1, 0.15) is 15.6 Å². The number of anilines is 1. The minimum absolute atomic E-state index is 0.00721. The summed E-state index contributed by atoms with van der Waals surface area (Å²) in [4.78, 5) is 20.1. The zero-order valence-electron chi connectivity index (χ0n) is 13.5. The third-order valence-electron chi connectivity index (χ3n) is 4.17. The van der Waals surface area contributed by atoms with E-state index in [-0.39, 0.29) is 5.91 Å². The number of rotatable bonds is 3. The van der Waals surface area contributed by atoms with Gasteiger partial charge in [0.2, 0.25) is 0 Å². The van der Waals surface area contributed by atoms with Gasteiger partial charge in [-0.15, -0.1) is 11.3 Å². The Morgan fingerprint density at radius 2 is 2.00 bits per heavy atom. The number of hydrogen-bond donors (Lipinski definition) is 0. The Bertz CT molecular complexity index is 937. The summed E-state index contributed by atoms with van der Waals surface area (Å²) in [6.45, 7) is 0.614. The van der Waals surface area contributed by atoms with Crippen molar-refractivity contribution in [1.29, 1.82) is 0 Å². The second kappa shape index (κ2) is 6.50. The van der Waals surface area contributed by atoms with Crippen molar-refractivity contribution >= 4 is 34.5 Å². The Morgan fingerprint density at radius 1 is 1.20 bits per heavy atom. The number of carbonyl (C=O) groups is 1. The molecular formula is C19H15ClN2O2S. The maximum absolute atomic E-state index is 12.9. The first-order chi connectivity index (χ1) is 12.2. The summed E-state index contributed by atoms with van der Waals surface area (Å²) in [5.41, 5.74) is 2.69. The van der Waals surface area contributed by atoms with Gasteiger partial charge in [-0.2, -0.15) is 0 Å². The van der Waals surface area contributed by atoms with Crippen molar-refractivity contribution in [3.05, 3.63) is 64.1 Å². The third-order valence-corrected chi connectivity index (χ3v) is 5.55. The van der Waals surface area contributed by atoms with Crippen LogP contribution in [0.4, 0.5) is 5.69 Å². The number of carbonyl (C=O) groups excluding carboxylic acids is 1. The first kappa shape index (κ1) is 16.1. The molecule has 0 radical (unpaired) electrons. The van der Waals surface area contributed by atoms with Crippen LogP contribution in [0.15, 0.2) is 48.5 Å². The number of aromatic nitrogens is 1. The average molecular weight is 371 g/mol. The third kappa shape index (κ3) is 3.01. The quantitative estimate of drug-likeness (QED) is 0.672. The van der Waals surface area contributed by atoms with Crippen molar-refractivity contribution in [2.45, 2.75) is 6.42 Å². The highest BCUT2D eigenvalue weighted by Crippen LogP contribution is 2.34. The Hall–Kier alpha value is -2.37. The summed E-state index contributed by atoms with van der Waals surface area (Å²) in [5.74, 6) is 0.731. The van der Waals surface area contributed by atoms with Crippen LogP contribution in [0, 0.1) is 0 Å². The summed E-state index contributed by atoms with van der Waals surface area (Å²) in [7, 11) is 1.62. The Labute approximate surface area is 154 Å². The van der Waals surface area contributed by atoms with Crippen LogP contribution in [0.3, 0.4) is 0 Å². The van der Waals surface area contributed by atoms with Crippen LogP contribution in [0.2, 0.25) is 5.02 Å². The molecule has 0 N–H and O–H groups in total. The number of hydrogen-bond acceptors (Lipinski definition) is 4. The molecule has 1 aliphatic rings. The van der Waals surface area contributed by atoms with Crippen LogP contribution in [0.5, 0.6) is 5.75 Å². The van der Waals surface area contributed by atoms with Gasteiger partial charge in [-0.3, -0.25) is 4.79 Å². The van der Waals surface area contributed by atoms with Crippen LogP contribution in [-0.4, -0.2) is 24.5 Å². The summed E-state index contributed by atoms with van der Waals surface area (Å²) in [5, 5.41) is 1.54. The Balaban J connectivity index is 1.67. The highest BCUT2D eigenvalue weighted by Gasteiger charge is 2.29. The molecule has 2 heterocycles. The van der Waals surface area contributed by atoms with Gasteiger partial charge in [-0.1, -0.05) is 29.8 Å². The van der Waals surface area contributed by atoms with Crippen molar-refractivity contribution < 1.29 is 9.53 Å². The predicted octanol–water partition coefficient (Wildman–Crippen LogP) is 4.68. The molecule has 126 valence electrons. The lowest BCUT2D eigenvalue weighted by Crippen LogP contribution is -2.36. The van der Waals surface area contributed by atoms with Crippen molar-refractivity contribution in [3.8, 4) is 16.3 Å². The molecule has 0 aliphatic carbocycles. The highest BCUT2D eigenvalue weighted by molar-refractivity contribution is 7.17. The molecule has 25 heavy (non-hydrogen) atoms. The number of fused-ring (bicyclic) bond motifs is 1. The molecule has 4 rings (SSSR count). The summed E-state index contributed by atoms with van der Waals surface area (Å²) >= 11 is 7.38. The number of thiazole rings is 1. The van der Waals surface area contributed by atoms with E-state index in [1.54, 1.807) is 12.0 Å². The van der Waals surface area contributed by atoms with E-state index >= 15 is 0 Å². The first-order valence-corrected chi connectivity index (χ1v) is 9.07. The number of nitrogens with zero attached hydrogens (tertiary/aromatic N) is 2. The van der Waals surface area contributed by atoms with Gasteiger partial charge >= 0.3 is 0 Å². The maximum atomic E-state index is 12.9. The van der Waals surface area contributed by atoms with E-state index in [9.17, 15) is 4.79 Å². The number of amides is 1. The summed E-state index contributed by atoms with van der Waals surface area (Å²) in [6.07, 6.45) is 0.738. The fourth-order valence-electron chi connectivity index (χ4n) is 2.87. The Kier molecular flexibility index (Phi) is 4.19. The molecule has 0 saturated carbocycles. The molecule has 0 unspecified atom stereocenters. The number of halogens is 1. The van der Waals surface area contributed by atoms with Crippen molar-refractivity contribution in [3.63, 3.8) is 0 Å². The van der Waals surface area contributed by atoms with Crippen LogP contribution in [0.25, 0.3) is 10.6 Å². The largest absolute Gasteiger partial charge is 0.497 e. The molecule has 6 heteroatoms. The minimum Gasteiger partial charge on any atom is -0.497 e. The lowest BCUT2D eigenvalue weighted by Gasteiger charge is -2.26. The average Bonchev–Trinajstić information content (AvgIpc) is 3.08. The van der Waals surface area contributed by atoms with Crippen molar-refractivity contribution in [2.24, 2.45) is 0 Å². The van der Waals surface area contributed by atoms with E-state index < -0.39 is 0 Å². The molecule has 2 aromatic carbocycles. The fourth-order valence-corrected chi connectivity index (χ4v) is 4.06. The Morgan fingerprint density at radius 3 is 2.76 bits per heavy atom.